The minimum Gasteiger partial charge on any atom is -0.468 e. The third-order valence-electron chi connectivity index (χ3n) is 5.14. The zero-order valence-corrected chi connectivity index (χ0v) is 18.6. The Hall–Kier alpha value is -2.96. The number of hydrogen-bond acceptors (Lipinski definition) is 7. The van der Waals surface area contributed by atoms with E-state index < -0.39 is 29.7 Å². The van der Waals surface area contributed by atoms with E-state index in [9.17, 15) is 14.4 Å². The lowest BCUT2D eigenvalue weighted by Gasteiger charge is -2.29. The van der Waals surface area contributed by atoms with Crippen molar-refractivity contribution >= 4 is 23.6 Å². The molecule has 0 saturated heterocycles. The lowest BCUT2D eigenvalue weighted by Crippen LogP contribution is -2.42. The van der Waals surface area contributed by atoms with Gasteiger partial charge in [0.05, 0.1) is 19.8 Å². The van der Waals surface area contributed by atoms with Crippen molar-refractivity contribution < 1.29 is 28.6 Å². The van der Waals surface area contributed by atoms with Crippen LogP contribution in [0.4, 0.5) is 0 Å². The first-order chi connectivity index (χ1) is 14.0. The van der Waals surface area contributed by atoms with E-state index in [4.69, 9.17) is 14.2 Å². The van der Waals surface area contributed by atoms with Crippen LogP contribution in [0.1, 0.15) is 45.7 Å². The molecule has 0 amide bonds. The first-order valence-corrected chi connectivity index (χ1v) is 9.69. The van der Waals surface area contributed by atoms with Crippen LogP contribution in [0.2, 0.25) is 0 Å². The Morgan fingerprint density at radius 3 is 2.03 bits per heavy atom. The summed E-state index contributed by atoms with van der Waals surface area (Å²) < 4.78 is 15.2. The lowest BCUT2D eigenvalue weighted by atomic mass is 9.80. The van der Waals surface area contributed by atoms with Crippen molar-refractivity contribution in [2.45, 2.75) is 46.6 Å². The second kappa shape index (κ2) is 9.24. The second-order valence-corrected chi connectivity index (χ2v) is 8.28. The molecule has 0 radical (unpaired) electrons. The Labute approximate surface area is 177 Å². The molecular formula is C23H29NO6. The first-order valence-electron chi connectivity index (χ1n) is 9.69. The molecule has 1 unspecified atom stereocenters. The van der Waals surface area contributed by atoms with Crippen LogP contribution in [0.15, 0.2) is 40.5 Å². The third-order valence-corrected chi connectivity index (χ3v) is 5.14. The highest BCUT2D eigenvalue weighted by Gasteiger charge is 2.46. The van der Waals surface area contributed by atoms with Gasteiger partial charge in [-0.1, -0.05) is 45.0 Å². The highest BCUT2D eigenvalue weighted by molar-refractivity contribution is 6.10. The van der Waals surface area contributed by atoms with Crippen LogP contribution in [0.3, 0.4) is 0 Å². The van der Waals surface area contributed by atoms with E-state index in [1.807, 2.05) is 24.3 Å². The SMILES string of the molecule is COC(=O)C1=C(C)N=C(C)C(C(=O)OC)[C@@H]1C(=O)OCc1ccc(C(C)(C)C)cc1. The predicted molar refractivity (Wildman–Crippen MR) is 112 cm³/mol. The summed E-state index contributed by atoms with van der Waals surface area (Å²) in [6, 6.07) is 7.76. The average molecular weight is 415 g/mol. The summed E-state index contributed by atoms with van der Waals surface area (Å²) in [5.41, 5.74) is 2.67. The number of nitrogens with zero attached hydrogens (tertiary/aromatic N) is 1. The molecule has 0 aliphatic carbocycles. The molecule has 1 heterocycles. The van der Waals surface area contributed by atoms with Gasteiger partial charge < -0.3 is 14.2 Å². The number of carbonyl (C=O) groups is 3. The van der Waals surface area contributed by atoms with Gasteiger partial charge in [0, 0.05) is 11.4 Å². The van der Waals surface area contributed by atoms with Crippen LogP contribution in [-0.2, 0) is 40.6 Å². The molecule has 0 fully saturated rings. The minimum absolute atomic E-state index is 0.00609. The van der Waals surface area contributed by atoms with E-state index in [1.54, 1.807) is 13.8 Å². The summed E-state index contributed by atoms with van der Waals surface area (Å²) in [7, 11) is 2.43. The molecule has 1 aromatic carbocycles. The number of rotatable bonds is 5. The highest BCUT2D eigenvalue weighted by atomic mass is 16.5. The maximum atomic E-state index is 13.0. The number of allylic oxidation sites excluding steroid dienone is 1. The summed E-state index contributed by atoms with van der Waals surface area (Å²) in [5, 5.41) is 0. The van der Waals surface area contributed by atoms with Crippen LogP contribution in [0.25, 0.3) is 0 Å². The summed E-state index contributed by atoms with van der Waals surface area (Å²) in [4.78, 5) is 42.0. The topological polar surface area (TPSA) is 91.3 Å². The van der Waals surface area contributed by atoms with Gasteiger partial charge in [0.15, 0.2) is 0 Å². The average Bonchev–Trinajstić information content (AvgIpc) is 2.70. The van der Waals surface area contributed by atoms with E-state index in [-0.39, 0.29) is 17.6 Å². The van der Waals surface area contributed by atoms with Gasteiger partial charge in [-0.2, -0.15) is 0 Å². The van der Waals surface area contributed by atoms with Gasteiger partial charge in [0.1, 0.15) is 18.4 Å². The number of hydrogen-bond donors (Lipinski definition) is 0. The molecule has 0 N–H and O–H groups in total. The summed E-state index contributed by atoms with van der Waals surface area (Å²) >= 11 is 0. The van der Waals surface area contributed by atoms with Crippen LogP contribution in [0, 0.1) is 11.8 Å². The van der Waals surface area contributed by atoms with Crippen molar-refractivity contribution in [3.8, 4) is 0 Å². The number of methoxy groups -OCH3 is 2. The van der Waals surface area contributed by atoms with Crippen LogP contribution >= 0.6 is 0 Å². The number of aliphatic imine (C=N–C) groups is 1. The maximum Gasteiger partial charge on any atom is 0.336 e. The van der Waals surface area contributed by atoms with Gasteiger partial charge in [-0.25, -0.2) is 4.79 Å². The normalized spacial score (nSPS) is 19.1. The maximum absolute atomic E-state index is 13.0. The third kappa shape index (κ3) is 4.96. The molecule has 1 aromatic rings. The molecule has 162 valence electrons. The quantitative estimate of drug-likeness (QED) is 0.541. The van der Waals surface area contributed by atoms with E-state index in [0.717, 1.165) is 11.1 Å². The Morgan fingerprint density at radius 2 is 1.53 bits per heavy atom. The molecule has 1 aliphatic heterocycles. The minimum atomic E-state index is -1.18. The molecule has 0 saturated carbocycles. The molecule has 7 nitrogen and oxygen atoms in total. The van der Waals surface area contributed by atoms with E-state index in [2.05, 4.69) is 25.8 Å². The van der Waals surface area contributed by atoms with Crippen molar-refractivity contribution in [2.24, 2.45) is 16.8 Å². The molecular weight excluding hydrogens is 386 g/mol. The fraction of sp³-hybridized carbons (Fsp3) is 0.478. The predicted octanol–water partition coefficient (Wildman–Crippen LogP) is 3.35. The highest BCUT2D eigenvalue weighted by Crippen LogP contribution is 2.33. The Balaban J connectivity index is 2.29. The van der Waals surface area contributed by atoms with Gasteiger partial charge in [-0.15, -0.1) is 0 Å². The van der Waals surface area contributed by atoms with Gasteiger partial charge in [0.2, 0.25) is 0 Å². The molecule has 0 aromatic heterocycles. The summed E-state index contributed by atoms with van der Waals surface area (Å²) in [6.07, 6.45) is 0. The van der Waals surface area contributed by atoms with Crippen molar-refractivity contribution in [2.75, 3.05) is 14.2 Å². The Bertz CT molecular complexity index is 889. The van der Waals surface area contributed by atoms with Crippen LogP contribution < -0.4 is 0 Å². The van der Waals surface area contributed by atoms with Crippen molar-refractivity contribution in [3.05, 3.63) is 46.7 Å². The van der Waals surface area contributed by atoms with Crippen molar-refractivity contribution in [1.82, 2.24) is 0 Å². The molecule has 2 atom stereocenters. The fourth-order valence-corrected chi connectivity index (χ4v) is 3.44. The molecule has 30 heavy (non-hydrogen) atoms. The van der Waals surface area contributed by atoms with Crippen molar-refractivity contribution in [1.29, 1.82) is 0 Å². The van der Waals surface area contributed by atoms with E-state index >= 15 is 0 Å². The number of ether oxygens (including phenoxy) is 3. The molecule has 2 rings (SSSR count). The molecule has 0 spiro atoms. The number of carbonyl (C=O) groups excluding carboxylic acids is 3. The van der Waals surface area contributed by atoms with E-state index in [1.165, 1.54) is 14.2 Å². The van der Waals surface area contributed by atoms with E-state index in [0.29, 0.717) is 11.4 Å². The van der Waals surface area contributed by atoms with Crippen LogP contribution in [-0.4, -0.2) is 37.8 Å². The molecule has 7 heteroatoms. The Kier molecular flexibility index (Phi) is 7.18. The van der Waals surface area contributed by atoms with Gasteiger partial charge in [-0.3, -0.25) is 14.6 Å². The van der Waals surface area contributed by atoms with Crippen LogP contribution in [0.5, 0.6) is 0 Å². The molecule has 1 aliphatic rings. The van der Waals surface area contributed by atoms with Gasteiger partial charge in [0.25, 0.3) is 0 Å². The Morgan fingerprint density at radius 1 is 0.933 bits per heavy atom. The zero-order valence-electron chi connectivity index (χ0n) is 18.6. The molecule has 0 bridgehead atoms. The fourth-order valence-electron chi connectivity index (χ4n) is 3.44. The standard InChI is InChI=1S/C23H29NO6/c1-13-17(20(25)28-6)19(18(14(2)24-13)21(26)29-7)22(27)30-12-15-8-10-16(11-9-15)23(3,4)5/h8-11,17,19H,12H2,1-7H3/t17?,19-/m0/s1. The van der Waals surface area contributed by atoms with Gasteiger partial charge in [-0.05, 0) is 30.4 Å². The summed E-state index contributed by atoms with van der Waals surface area (Å²) in [6.45, 7) is 9.57. The number of esters is 3. The summed E-state index contributed by atoms with van der Waals surface area (Å²) in [5.74, 6) is -4.34. The second-order valence-electron chi connectivity index (χ2n) is 8.28. The monoisotopic (exact) mass is 415 g/mol. The lowest BCUT2D eigenvalue weighted by molar-refractivity contribution is -0.157. The van der Waals surface area contributed by atoms with Gasteiger partial charge >= 0.3 is 17.9 Å². The smallest absolute Gasteiger partial charge is 0.336 e. The largest absolute Gasteiger partial charge is 0.468 e. The first kappa shape index (κ1) is 23.3. The zero-order chi connectivity index (χ0) is 22.6. The van der Waals surface area contributed by atoms with Crippen molar-refractivity contribution in [3.63, 3.8) is 0 Å². The number of benzene rings is 1.